The zero-order valence-corrected chi connectivity index (χ0v) is 19.8. The summed E-state index contributed by atoms with van der Waals surface area (Å²) in [5.74, 6) is 3.33. The minimum Gasteiger partial charge on any atom is -0.205 e. The van der Waals surface area contributed by atoms with Gasteiger partial charge in [0.2, 0.25) is 0 Å². The summed E-state index contributed by atoms with van der Waals surface area (Å²) in [5.41, 5.74) is 3.40. The van der Waals surface area contributed by atoms with Crippen LogP contribution in [-0.2, 0) is 0 Å². The van der Waals surface area contributed by atoms with Gasteiger partial charge in [-0.3, -0.25) is 0 Å². The van der Waals surface area contributed by atoms with E-state index in [2.05, 4.69) is 31.2 Å². The Morgan fingerprint density at radius 2 is 1.23 bits per heavy atom. The maximum absolute atomic E-state index is 13.8. The molecule has 168 valence electrons. The molecule has 0 atom stereocenters. The van der Waals surface area contributed by atoms with Crippen molar-refractivity contribution in [2.24, 2.45) is 17.8 Å². The summed E-state index contributed by atoms with van der Waals surface area (Å²) in [5, 5.41) is 0.182. The van der Waals surface area contributed by atoms with Crippen LogP contribution in [0, 0.1) is 23.6 Å². The number of halogens is 2. The second-order valence-electron chi connectivity index (χ2n) is 10.2. The predicted octanol–water partition coefficient (Wildman–Crippen LogP) is 9.81. The lowest BCUT2D eigenvalue weighted by Gasteiger charge is -2.32. The molecule has 0 spiro atoms. The minimum absolute atomic E-state index is 0.182. The first-order valence-corrected chi connectivity index (χ1v) is 13.1. The highest BCUT2D eigenvalue weighted by atomic mass is 35.5. The summed E-state index contributed by atoms with van der Waals surface area (Å²) in [6, 6.07) is 13.8. The summed E-state index contributed by atoms with van der Waals surface area (Å²) in [4.78, 5) is 0. The van der Waals surface area contributed by atoms with Crippen molar-refractivity contribution in [1.29, 1.82) is 0 Å². The monoisotopic (exact) mass is 440 g/mol. The van der Waals surface area contributed by atoms with Gasteiger partial charge in [-0.25, -0.2) is 4.39 Å². The molecule has 2 heteroatoms. The highest BCUT2D eigenvalue weighted by molar-refractivity contribution is 6.30. The lowest BCUT2D eigenvalue weighted by atomic mass is 9.74. The Bertz CT molecular complexity index is 811. The van der Waals surface area contributed by atoms with E-state index in [0.29, 0.717) is 5.92 Å². The number of rotatable bonds is 7. The highest BCUT2D eigenvalue weighted by Gasteiger charge is 2.25. The molecule has 0 nitrogen and oxygen atoms in total. The van der Waals surface area contributed by atoms with E-state index in [0.717, 1.165) is 28.9 Å². The van der Waals surface area contributed by atoms with Crippen molar-refractivity contribution in [2.45, 2.75) is 89.9 Å². The van der Waals surface area contributed by atoms with Crippen LogP contribution >= 0.6 is 11.6 Å². The third-order valence-electron chi connectivity index (χ3n) is 8.13. The first kappa shape index (κ1) is 22.8. The van der Waals surface area contributed by atoms with E-state index in [1.165, 1.54) is 88.7 Å². The maximum Gasteiger partial charge on any atom is 0.142 e. The lowest BCUT2D eigenvalue weighted by molar-refractivity contribution is 0.224. The summed E-state index contributed by atoms with van der Waals surface area (Å²) >= 11 is 5.82. The van der Waals surface area contributed by atoms with Gasteiger partial charge in [-0.2, -0.15) is 0 Å². The van der Waals surface area contributed by atoms with Crippen molar-refractivity contribution in [3.63, 3.8) is 0 Å². The van der Waals surface area contributed by atoms with E-state index in [4.69, 9.17) is 11.6 Å². The van der Waals surface area contributed by atoms with Crippen LogP contribution in [0.4, 0.5) is 4.39 Å². The average molecular weight is 441 g/mol. The molecule has 0 aliphatic heterocycles. The zero-order valence-electron chi connectivity index (χ0n) is 19.1. The van der Waals surface area contributed by atoms with Crippen LogP contribution in [0.1, 0.15) is 95.5 Å². The van der Waals surface area contributed by atoms with Crippen molar-refractivity contribution in [1.82, 2.24) is 0 Å². The molecule has 0 radical (unpaired) electrons. The summed E-state index contributed by atoms with van der Waals surface area (Å²) in [7, 11) is 0. The summed E-state index contributed by atoms with van der Waals surface area (Å²) in [6.07, 6.45) is 17.1. The third kappa shape index (κ3) is 6.13. The first-order chi connectivity index (χ1) is 15.1. The predicted molar refractivity (Wildman–Crippen MR) is 131 cm³/mol. The Labute approximate surface area is 193 Å². The van der Waals surface area contributed by atoms with Gasteiger partial charge in [0.05, 0.1) is 5.02 Å². The SMILES string of the molecule is CCCC1CCC(CCC2CCC(c3ccc(-c4ccc(Cl)c(F)c4)cc3)CC2)CC1. The van der Waals surface area contributed by atoms with E-state index < -0.39 is 0 Å². The van der Waals surface area contributed by atoms with Gasteiger partial charge in [0, 0.05) is 0 Å². The molecular formula is C29H38ClF. The molecule has 4 rings (SSSR count). The van der Waals surface area contributed by atoms with E-state index >= 15 is 0 Å². The number of hydrogen-bond acceptors (Lipinski definition) is 0. The Hall–Kier alpha value is -1.34. The van der Waals surface area contributed by atoms with E-state index in [1.807, 2.05) is 6.07 Å². The smallest absolute Gasteiger partial charge is 0.142 e. The topological polar surface area (TPSA) is 0 Å². The fourth-order valence-corrected chi connectivity index (χ4v) is 6.21. The Kier molecular flexibility index (Phi) is 8.10. The van der Waals surface area contributed by atoms with Gasteiger partial charge in [-0.15, -0.1) is 0 Å². The molecule has 0 amide bonds. The van der Waals surface area contributed by atoms with Crippen molar-refractivity contribution in [3.05, 3.63) is 58.9 Å². The van der Waals surface area contributed by atoms with Gasteiger partial charge in [-0.05, 0) is 78.2 Å². The van der Waals surface area contributed by atoms with Crippen LogP contribution in [0.25, 0.3) is 11.1 Å². The molecule has 0 aromatic heterocycles. The van der Waals surface area contributed by atoms with E-state index in [-0.39, 0.29) is 10.8 Å². The Balaban J connectivity index is 1.22. The Morgan fingerprint density at radius 1 is 0.710 bits per heavy atom. The number of benzene rings is 2. The van der Waals surface area contributed by atoms with Gasteiger partial charge in [0.15, 0.2) is 0 Å². The molecule has 31 heavy (non-hydrogen) atoms. The van der Waals surface area contributed by atoms with Crippen LogP contribution in [0.3, 0.4) is 0 Å². The van der Waals surface area contributed by atoms with Crippen molar-refractivity contribution in [2.75, 3.05) is 0 Å². The minimum atomic E-state index is -0.351. The first-order valence-electron chi connectivity index (χ1n) is 12.7. The van der Waals surface area contributed by atoms with Crippen molar-refractivity contribution < 1.29 is 4.39 Å². The fourth-order valence-electron chi connectivity index (χ4n) is 6.10. The normalized spacial score (nSPS) is 26.7. The molecule has 2 fully saturated rings. The van der Waals surface area contributed by atoms with Crippen molar-refractivity contribution >= 4 is 11.6 Å². The molecule has 2 aromatic rings. The highest BCUT2D eigenvalue weighted by Crippen LogP contribution is 2.40. The largest absolute Gasteiger partial charge is 0.205 e. The molecule has 0 heterocycles. The summed E-state index contributed by atoms with van der Waals surface area (Å²) in [6.45, 7) is 2.33. The van der Waals surface area contributed by atoms with Crippen LogP contribution in [-0.4, -0.2) is 0 Å². The molecule has 2 aliphatic carbocycles. The summed E-state index contributed by atoms with van der Waals surface area (Å²) < 4.78 is 13.8. The third-order valence-corrected chi connectivity index (χ3v) is 8.43. The Morgan fingerprint density at radius 3 is 1.77 bits per heavy atom. The van der Waals surface area contributed by atoms with E-state index in [1.54, 1.807) is 6.07 Å². The standard InChI is InChI=1S/C29H38ClF/c1-2-3-21-4-6-22(7-5-21)8-9-23-10-12-24(13-11-23)25-14-16-26(17-15-25)27-18-19-28(30)29(31)20-27/h14-24H,2-13H2,1H3. The van der Waals surface area contributed by atoms with Gasteiger partial charge in [0.25, 0.3) is 0 Å². The second kappa shape index (κ2) is 11.0. The van der Waals surface area contributed by atoms with Crippen LogP contribution in [0.2, 0.25) is 5.02 Å². The fraction of sp³-hybridized carbons (Fsp3) is 0.586. The molecule has 0 bridgehead atoms. The molecule has 0 saturated heterocycles. The van der Waals surface area contributed by atoms with Gasteiger partial charge in [-0.1, -0.05) is 100 Å². The lowest BCUT2D eigenvalue weighted by Crippen LogP contribution is -2.17. The zero-order chi connectivity index (χ0) is 21.6. The molecule has 0 N–H and O–H groups in total. The van der Waals surface area contributed by atoms with E-state index in [9.17, 15) is 4.39 Å². The second-order valence-corrected chi connectivity index (χ2v) is 10.6. The average Bonchev–Trinajstić information content (AvgIpc) is 2.81. The quantitative estimate of drug-likeness (QED) is 0.401. The molecule has 2 aliphatic rings. The van der Waals surface area contributed by atoms with Gasteiger partial charge >= 0.3 is 0 Å². The van der Waals surface area contributed by atoms with Crippen LogP contribution < -0.4 is 0 Å². The molecule has 0 unspecified atom stereocenters. The maximum atomic E-state index is 13.8. The van der Waals surface area contributed by atoms with Gasteiger partial charge < -0.3 is 0 Å². The van der Waals surface area contributed by atoms with Crippen LogP contribution in [0.15, 0.2) is 42.5 Å². The van der Waals surface area contributed by atoms with Gasteiger partial charge in [0.1, 0.15) is 5.82 Å². The molecular weight excluding hydrogens is 403 g/mol. The number of hydrogen-bond donors (Lipinski definition) is 0. The molecule has 2 aromatic carbocycles. The van der Waals surface area contributed by atoms with Crippen LogP contribution in [0.5, 0.6) is 0 Å². The molecule has 2 saturated carbocycles. The van der Waals surface area contributed by atoms with Crippen molar-refractivity contribution in [3.8, 4) is 11.1 Å².